The maximum absolute atomic E-state index is 11.7. The average Bonchev–Trinajstić information content (AvgIpc) is 2.29. The number of carbonyl (C=O) groups is 1. The molecule has 0 aliphatic rings. The fourth-order valence-electron chi connectivity index (χ4n) is 1.46. The molecule has 3 heteroatoms. The topological polar surface area (TPSA) is 52.9 Å². The number of nitrogens with one attached hydrogen (secondary N) is 1. The molecule has 0 aliphatic heterocycles. The minimum atomic E-state index is 0.0110. The van der Waals surface area contributed by atoms with Gasteiger partial charge in [0.2, 0.25) is 5.91 Å². The molecule has 90 valence electrons. The fourth-order valence-corrected chi connectivity index (χ4v) is 1.46. The van der Waals surface area contributed by atoms with Gasteiger partial charge in [-0.1, -0.05) is 19.9 Å². The van der Waals surface area contributed by atoms with E-state index in [-0.39, 0.29) is 5.91 Å². The molecule has 1 amide bonds. The summed E-state index contributed by atoms with van der Waals surface area (Å²) < 4.78 is 0. The predicted molar refractivity (Wildman–Crippen MR) is 68.6 cm³/mol. The minimum absolute atomic E-state index is 0.0110. The minimum Gasteiger partial charge on any atom is -0.326 e. The van der Waals surface area contributed by atoms with Gasteiger partial charge in [-0.05, 0) is 37.0 Å². The lowest BCUT2D eigenvalue weighted by Gasteiger charge is -2.09. The summed E-state index contributed by atoms with van der Waals surface area (Å²) in [6.45, 7) is 6.10. The maximum Gasteiger partial charge on any atom is 0.224 e. The quantitative estimate of drug-likeness (QED) is 0.863. The van der Waals surface area contributed by atoms with Crippen LogP contribution in [-0.2, 0) is 4.79 Å². The summed E-state index contributed by atoms with van der Waals surface area (Å²) in [5.74, 6) is 0.532. The summed E-state index contributed by atoms with van der Waals surface area (Å²) >= 11 is 0. The van der Waals surface area contributed by atoms with Gasteiger partial charge < -0.3 is 5.32 Å². The van der Waals surface area contributed by atoms with E-state index in [2.05, 4.69) is 25.2 Å². The molecule has 1 aromatic rings. The third-order valence-corrected chi connectivity index (χ3v) is 2.59. The molecule has 17 heavy (non-hydrogen) atoms. The first kappa shape index (κ1) is 13.2. The van der Waals surface area contributed by atoms with E-state index in [0.29, 0.717) is 17.9 Å². The highest BCUT2D eigenvalue weighted by molar-refractivity contribution is 5.91. The second-order valence-corrected chi connectivity index (χ2v) is 4.62. The first-order chi connectivity index (χ1) is 8.02. The van der Waals surface area contributed by atoms with Crippen LogP contribution in [0.2, 0.25) is 0 Å². The SMILES string of the molecule is Cc1ccc(C#N)cc1NC(=O)CCC(C)C. The Morgan fingerprint density at radius 2 is 2.18 bits per heavy atom. The van der Waals surface area contributed by atoms with E-state index in [1.807, 2.05) is 13.0 Å². The molecule has 0 saturated heterocycles. The Kier molecular flexibility index (Phi) is 4.71. The van der Waals surface area contributed by atoms with Crippen LogP contribution in [0.15, 0.2) is 18.2 Å². The molecule has 1 aromatic carbocycles. The first-order valence-corrected chi connectivity index (χ1v) is 5.83. The van der Waals surface area contributed by atoms with E-state index in [1.165, 1.54) is 0 Å². The molecule has 0 aliphatic carbocycles. The number of amides is 1. The van der Waals surface area contributed by atoms with Gasteiger partial charge in [0.05, 0.1) is 11.6 Å². The highest BCUT2D eigenvalue weighted by atomic mass is 16.1. The van der Waals surface area contributed by atoms with E-state index >= 15 is 0 Å². The van der Waals surface area contributed by atoms with Gasteiger partial charge in [-0.3, -0.25) is 4.79 Å². The summed E-state index contributed by atoms with van der Waals surface area (Å²) in [5, 5.41) is 11.7. The monoisotopic (exact) mass is 230 g/mol. The van der Waals surface area contributed by atoms with Crippen molar-refractivity contribution >= 4 is 11.6 Å². The normalized spacial score (nSPS) is 10.1. The van der Waals surface area contributed by atoms with Crippen molar-refractivity contribution in [3.05, 3.63) is 29.3 Å². The molecule has 0 heterocycles. The fraction of sp³-hybridized carbons (Fsp3) is 0.429. The highest BCUT2D eigenvalue weighted by Gasteiger charge is 2.06. The van der Waals surface area contributed by atoms with Crippen LogP contribution in [0, 0.1) is 24.2 Å². The molecule has 1 N–H and O–H groups in total. The Bertz CT molecular complexity index is 444. The Balaban J connectivity index is 2.68. The van der Waals surface area contributed by atoms with E-state index in [9.17, 15) is 4.79 Å². The first-order valence-electron chi connectivity index (χ1n) is 5.83. The van der Waals surface area contributed by atoms with Crippen LogP contribution in [-0.4, -0.2) is 5.91 Å². The Morgan fingerprint density at radius 3 is 2.76 bits per heavy atom. The number of hydrogen-bond donors (Lipinski definition) is 1. The molecule has 0 spiro atoms. The lowest BCUT2D eigenvalue weighted by Crippen LogP contribution is -2.13. The maximum atomic E-state index is 11.7. The summed E-state index contributed by atoms with van der Waals surface area (Å²) in [4.78, 5) is 11.7. The lowest BCUT2D eigenvalue weighted by molar-refractivity contribution is -0.116. The molecule has 0 bridgehead atoms. The van der Waals surface area contributed by atoms with Crippen LogP contribution in [0.3, 0.4) is 0 Å². The summed E-state index contributed by atoms with van der Waals surface area (Å²) in [7, 11) is 0. The summed E-state index contributed by atoms with van der Waals surface area (Å²) in [5.41, 5.74) is 2.27. The number of benzene rings is 1. The zero-order chi connectivity index (χ0) is 12.8. The Hall–Kier alpha value is -1.82. The third kappa shape index (κ3) is 4.28. The Labute approximate surface area is 102 Å². The van der Waals surface area contributed by atoms with Gasteiger partial charge in [0, 0.05) is 12.1 Å². The molecular weight excluding hydrogens is 212 g/mol. The predicted octanol–water partition coefficient (Wildman–Crippen LogP) is 3.24. The molecule has 0 saturated carbocycles. The summed E-state index contributed by atoms with van der Waals surface area (Å²) in [6, 6.07) is 7.37. The largest absolute Gasteiger partial charge is 0.326 e. The molecule has 3 nitrogen and oxygen atoms in total. The molecule has 0 fully saturated rings. The third-order valence-electron chi connectivity index (χ3n) is 2.59. The molecule has 0 radical (unpaired) electrons. The number of nitrogens with zero attached hydrogens (tertiary/aromatic N) is 1. The number of anilines is 1. The van der Waals surface area contributed by atoms with Crippen LogP contribution in [0.5, 0.6) is 0 Å². The van der Waals surface area contributed by atoms with Crippen molar-refractivity contribution in [3.8, 4) is 6.07 Å². The van der Waals surface area contributed by atoms with Crippen molar-refractivity contribution in [1.29, 1.82) is 5.26 Å². The van der Waals surface area contributed by atoms with Gasteiger partial charge in [0.25, 0.3) is 0 Å². The van der Waals surface area contributed by atoms with E-state index in [1.54, 1.807) is 12.1 Å². The van der Waals surface area contributed by atoms with Crippen LogP contribution in [0.4, 0.5) is 5.69 Å². The zero-order valence-corrected chi connectivity index (χ0v) is 10.6. The van der Waals surface area contributed by atoms with Crippen molar-refractivity contribution in [3.63, 3.8) is 0 Å². The molecule has 0 unspecified atom stereocenters. The van der Waals surface area contributed by atoms with Crippen molar-refractivity contribution in [1.82, 2.24) is 0 Å². The second kappa shape index (κ2) is 6.05. The van der Waals surface area contributed by atoms with Crippen molar-refractivity contribution in [2.45, 2.75) is 33.6 Å². The van der Waals surface area contributed by atoms with Crippen LogP contribution >= 0.6 is 0 Å². The molecule has 0 aromatic heterocycles. The number of carbonyl (C=O) groups excluding carboxylic acids is 1. The molecule has 1 rings (SSSR count). The molecular formula is C14H18N2O. The van der Waals surface area contributed by atoms with Gasteiger partial charge in [-0.25, -0.2) is 0 Å². The van der Waals surface area contributed by atoms with Crippen molar-refractivity contribution in [2.75, 3.05) is 5.32 Å². The van der Waals surface area contributed by atoms with E-state index in [4.69, 9.17) is 5.26 Å². The number of nitriles is 1. The number of aryl methyl sites for hydroxylation is 1. The smallest absolute Gasteiger partial charge is 0.224 e. The number of rotatable bonds is 4. The van der Waals surface area contributed by atoms with Crippen LogP contribution < -0.4 is 5.32 Å². The number of hydrogen-bond acceptors (Lipinski definition) is 2. The van der Waals surface area contributed by atoms with Crippen molar-refractivity contribution in [2.24, 2.45) is 5.92 Å². The van der Waals surface area contributed by atoms with Crippen molar-refractivity contribution < 1.29 is 4.79 Å². The van der Waals surface area contributed by atoms with E-state index in [0.717, 1.165) is 17.7 Å². The van der Waals surface area contributed by atoms with Crippen LogP contribution in [0.1, 0.15) is 37.8 Å². The van der Waals surface area contributed by atoms with Crippen LogP contribution in [0.25, 0.3) is 0 Å². The van der Waals surface area contributed by atoms with Gasteiger partial charge in [-0.15, -0.1) is 0 Å². The van der Waals surface area contributed by atoms with Gasteiger partial charge in [0.15, 0.2) is 0 Å². The van der Waals surface area contributed by atoms with Gasteiger partial charge in [-0.2, -0.15) is 5.26 Å². The highest BCUT2D eigenvalue weighted by Crippen LogP contribution is 2.17. The second-order valence-electron chi connectivity index (χ2n) is 4.62. The zero-order valence-electron chi connectivity index (χ0n) is 10.6. The van der Waals surface area contributed by atoms with Gasteiger partial charge >= 0.3 is 0 Å². The van der Waals surface area contributed by atoms with Gasteiger partial charge in [0.1, 0.15) is 0 Å². The Morgan fingerprint density at radius 1 is 1.47 bits per heavy atom. The molecule has 0 atom stereocenters. The van der Waals surface area contributed by atoms with E-state index < -0.39 is 0 Å². The lowest BCUT2D eigenvalue weighted by atomic mass is 10.1. The average molecular weight is 230 g/mol. The standard InChI is InChI=1S/C14H18N2O/c1-10(2)4-7-14(17)16-13-8-12(9-15)6-5-11(13)3/h5-6,8,10H,4,7H2,1-3H3,(H,16,17). The summed E-state index contributed by atoms with van der Waals surface area (Å²) in [6.07, 6.45) is 1.40.